The Morgan fingerprint density at radius 2 is 1.77 bits per heavy atom. The number of halogens is 1. The van der Waals surface area contributed by atoms with E-state index in [1.807, 2.05) is 30.3 Å². The lowest BCUT2D eigenvalue weighted by atomic mass is 10.1. The van der Waals surface area contributed by atoms with Crippen LogP contribution >= 0.6 is 22.9 Å². The van der Waals surface area contributed by atoms with Gasteiger partial charge in [-0.3, -0.25) is 4.79 Å². The quantitative estimate of drug-likeness (QED) is 0.427. The fourth-order valence-electron chi connectivity index (χ4n) is 2.50. The summed E-state index contributed by atoms with van der Waals surface area (Å²) in [6, 6.07) is 14.1. The highest BCUT2D eigenvalue weighted by molar-refractivity contribution is 7.20. The lowest BCUT2D eigenvalue weighted by molar-refractivity contribution is -0.119. The fourth-order valence-corrected chi connectivity index (χ4v) is 3.76. The van der Waals surface area contributed by atoms with Gasteiger partial charge in [0.25, 0.3) is 5.91 Å². The summed E-state index contributed by atoms with van der Waals surface area (Å²) in [5.41, 5.74) is 1.18. The Balaban J connectivity index is 1.73. The smallest absolute Gasteiger partial charge is 0.341 e. The van der Waals surface area contributed by atoms with Crippen molar-refractivity contribution >= 4 is 45.8 Å². The minimum Gasteiger partial charge on any atom is -0.462 e. The van der Waals surface area contributed by atoms with Gasteiger partial charge in [0.1, 0.15) is 10.2 Å². The molecule has 0 fully saturated rings. The molecule has 1 N–H and O–H groups in total. The zero-order valence-electron chi connectivity index (χ0n) is 15.9. The first-order valence-corrected chi connectivity index (χ1v) is 10.1. The lowest BCUT2D eigenvalue weighted by Crippen LogP contribution is -2.21. The molecule has 1 amide bonds. The van der Waals surface area contributed by atoms with Crippen LogP contribution in [0.1, 0.15) is 27.6 Å². The second kappa shape index (κ2) is 10.00. The minimum absolute atomic E-state index is 0.0155. The van der Waals surface area contributed by atoms with Crippen LogP contribution in [0.2, 0.25) is 5.15 Å². The summed E-state index contributed by atoms with van der Waals surface area (Å²) in [5.74, 6) is -1.93. The molecule has 0 saturated heterocycles. The monoisotopic (exact) mass is 444 g/mol. The van der Waals surface area contributed by atoms with Crippen molar-refractivity contribution < 1.29 is 23.9 Å². The van der Waals surface area contributed by atoms with Gasteiger partial charge >= 0.3 is 11.9 Å². The normalized spacial score (nSPS) is 10.3. The van der Waals surface area contributed by atoms with Gasteiger partial charge in [0.2, 0.25) is 0 Å². The van der Waals surface area contributed by atoms with Crippen LogP contribution in [0.4, 0.5) is 5.00 Å². The highest BCUT2D eigenvalue weighted by atomic mass is 35.5. The maximum atomic E-state index is 12.3. The molecule has 1 aromatic carbocycles. The van der Waals surface area contributed by atoms with Gasteiger partial charge in [-0.25, -0.2) is 14.6 Å². The molecule has 0 unspecified atom stereocenters. The van der Waals surface area contributed by atoms with Crippen molar-refractivity contribution in [3.05, 3.63) is 71.0 Å². The van der Waals surface area contributed by atoms with Gasteiger partial charge in [-0.15, -0.1) is 11.3 Å². The molecular weight excluding hydrogens is 428 g/mol. The molecule has 2 heterocycles. The lowest BCUT2D eigenvalue weighted by Gasteiger charge is -2.07. The number of thiophene rings is 1. The molecule has 0 atom stereocenters. The molecule has 0 saturated carbocycles. The van der Waals surface area contributed by atoms with E-state index in [2.05, 4.69) is 10.3 Å². The SMILES string of the molecule is CCOC(=O)c1cc(-c2ccccc2)sc1NC(=O)COC(=O)c1cccnc1Cl. The van der Waals surface area contributed by atoms with Crippen LogP contribution in [0.3, 0.4) is 0 Å². The van der Waals surface area contributed by atoms with E-state index >= 15 is 0 Å². The first kappa shape index (κ1) is 21.5. The number of carbonyl (C=O) groups excluding carboxylic acids is 3. The van der Waals surface area contributed by atoms with E-state index in [0.29, 0.717) is 5.00 Å². The number of aromatic nitrogens is 1. The zero-order valence-corrected chi connectivity index (χ0v) is 17.5. The van der Waals surface area contributed by atoms with Crippen LogP contribution in [-0.4, -0.2) is 36.0 Å². The second-order valence-corrected chi connectivity index (χ2v) is 7.32. The molecular formula is C21H17ClN2O5S. The summed E-state index contributed by atoms with van der Waals surface area (Å²) < 4.78 is 10.1. The average molecular weight is 445 g/mol. The minimum atomic E-state index is -0.773. The van der Waals surface area contributed by atoms with E-state index in [4.69, 9.17) is 21.1 Å². The van der Waals surface area contributed by atoms with Crippen LogP contribution in [0.5, 0.6) is 0 Å². The third-order valence-electron chi connectivity index (χ3n) is 3.85. The number of rotatable bonds is 7. The maximum Gasteiger partial charge on any atom is 0.341 e. The van der Waals surface area contributed by atoms with E-state index in [1.54, 1.807) is 13.0 Å². The van der Waals surface area contributed by atoms with Gasteiger partial charge in [0.05, 0.1) is 17.7 Å². The summed E-state index contributed by atoms with van der Waals surface area (Å²) in [5, 5.41) is 2.91. The number of carbonyl (C=O) groups is 3. The van der Waals surface area contributed by atoms with Crippen molar-refractivity contribution in [3.63, 3.8) is 0 Å². The zero-order chi connectivity index (χ0) is 21.5. The number of nitrogens with one attached hydrogen (secondary N) is 1. The predicted molar refractivity (Wildman–Crippen MR) is 114 cm³/mol. The number of esters is 2. The maximum absolute atomic E-state index is 12.3. The number of hydrogen-bond donors (Lipinski definition) is 1. The number of benzene rings is 1. The topological polar surface area (TPSA) is 94.6 Å². The molecule has 0 aliphatic rings. The number of nitrogens with zero attached hydrogens (tertiary/aromatic N) is 1. The van der Waals surface area contributed by atoms with Crippen molar-refractivity contribution in [1.29, 1.82) is 0 Å². The molecule has 9 heteroatoms. The first-order valence-electron chi connectivity index (χ1n) is 8.93. The van der Waals surface area contributed by atoms with Gasteiger partial charge in [0.15, 0.2) is 6.61 Å². The molecule has 0 radical (unpaired) electrons. The van der Waals surface area contributed by atoms with E-state index in [1.165, 1.54) is 29.7 Å². The number of pyridine rings is 1. The molecule has 154 valence electrons. The van der Waals surface area contributed by atoms with Gasteiger partial charge < -0.3 is 14.8 Å². The van der Waals surface area contributed by atoms with Crippen LogP contribution < -0.4 is 5.32 Å². The van der Waals surface area contributed by atoms with Crippen molar-refractivity contribution in [1.82, 2.24) is 4.98 Å². The van der Waals surface area contributed by atoms with E-state index in [-0.39, 0.29) is 22.9 Å². The Kier molecular flexibility index (Phi) is 7.16. The van der Waals surface area contributed by atoms with E-state index < -0.39 is 24.5 Å². The molecule has 0 aliphatic carbocycles. The van der Waals surface area contributed by atoms with Crippen LogP contribution in [0, 0.1) is 0 Å². The van der Waals surface area contributed by atoms with Gasteiger partial charge in [0, 0.05) is 11.1 Å². The Bertz CT molecular complexity index is 1070. The van der Waals surface area contributed by atoms with E-state index in [0.717, 1.165) is 10.4 Å². The number of anilines is 1. The summed E-state index contributed by atoms with van der Waals surface area (Å²) in [7, 11) is 0. The average Bonchev–Trinajstić information content (AvgIpc) is 3.17. The first-order chi connectivity index (χ1) is 14.5. The highest BCUT2D eigenvalue weighted by Crippen LogP contribution is 2.35. The number of ether oxygens (including phenoxy) is 2. The third-order valence-corrected chi connectivity index (χ3v) is 5.25. The highest BCUT2D eigenvalue weighted by Gasteiger charge is 2.21. The molecule has 0 aliphatic heterocycles. The third kappa shape index (κ3) is 5.22. The number of hydrogen-bond acceptors (Lipinski definition) is 7. The molecule has 7 nitrogen and oxygen atoms in total. The van der Waals surface area contributed by atoms with Crippen molar-refractivity contribution in [3.8, 4) is 10.4 Å². The van der Waals surface area contributed by atoms with Crippen molar-refractivity contribution in [2.45, 2.75) is 6.92 Å². The predicted octanol–water partition coefficient (Wildman–Crippen LogP) is 4.44. The Hall–Kier alpha value is -3.23. The van der Waals surface area contributed by atoms with Crippen LogP contribution in [0.15, 0.2) is 54.7 Å². The largest absolute Gasteiger partial charge is 0.462 e. The molecule has 2 aromatic heterocycles. The molecule has 0 spiro atoms. The Labute approximate surface area is 181 Å². The summed E-state index contributed by atoms with van der Waals surface area (Å²) in [6.07, 6.45) is 1.43. The summed E-state index contributed by atoms with van der Waals surface area (Å²) in [4.78, 5) is 41.3. The summed E-state index contributed by atoms with van der Waals surface area (Å²) >= 11 is 7.07. The standard InChI is InChI=1S/C21H17ClN2O5S/c1-2-28-21(27)15-11-16(13-7-4-3-5-8-13)30-19(15)24-17(25)12-29-20(26)14-9-6-10-23-18(14)22/h3-11H,2,12H2,1H3,(H,24,25). The fraction of sp³-hybridized carbons (Fsp3) is 0.143. The van der Waals surface area contributed by atoms with Crippen LogP contribution in [0.25, 0.3) is 10.4 Å². The van der Waals surface area contributed by atoms with Crippen LogP contribution in [-0.2, 0) is 14.3 Å². The summed E-state index contributed by atoms with van der Waals surface area (Å²) in [6.45, 7) is 1.35. The molecule has 3 aromatic rings. The van der Waals surface area contributed by atoms with Gasteiger partial charge in [-0.1, -0.05) is 41.9 Å². The Morgan fingerprint density at radius 3 is 2.47 bits per heavy atom. The van der Waals surface area contributed by atoms with Gasteiger partial charge in [-0.05, 0) is 30.7 Å². The van der Waals surface area contributed by atoms with Gasteiger partial charge in [-0.2, -0.15) is 0 Å². The Morgan fingerprint density at radius 1 is 1.03 bits per heavy atom. The molecule has 3 rings (SSSR count). The molecule has 30 heavy (non-hydrogen) atoms. The number of amides is 1. The second-order valence-electron chi connectivity index (χ2n) is 5.91. The van der Waals surface area contributed by atoms with E-state index in [9.17, 15) is 14.4 Å². The van der Waals surface area contributed by atoms with Crippen molar-refractivity contribution in [2.24, 2.45) is 0 Å². The molecule has 0 bridgehead atoms. The van der Waals surface area contributed by atoms with Crippen molar-refractivity contribution in [2.75, 3.05) is 18.5 Å².